The Morgan fingerprint density at radius 1 is 1.43 bits per heavy atom. The second kappa shape index (κ2) is 6.80. The molecular formula is C16H23N5OS. The zero-order valence-electron chi connectivity index (χ0n) is 13.8. The fraction of sp³-hybridized carbons (Fsp3) is 0.562. The van der Waals surface area contributed by atoms with Gasteiger partial charge >= 0.3 is 0 Å². The van der Waals surface area contributed by atoms with Gasteiger partial charge in [0.05, 0.1) is 23.4 Å². The van der Waals surface area contributed by atoms with Crippen LogP contribution in [0.1, 0.15) is 36.9 Å². The second-order valence-corrected chi connectivity index (χ2v) is 7.18. The average Bonchev–Trinajstić information content (AvgIpc) is 3.16. The van der Waals surface area contributed by atoms with Crippen molar-refractivity contribution in [3.8, 4) is 0 Å². The molecule has 0 amide bonds. The Bertz CT molecular complexity index is 659. The summed E-state index contributed by atoms with van der Waals surface area (Å²) in [5.41, 5.74) is 1.05. The normalized spacial score (nSPS) is 18.0. The minimum atomic E-state index is -0.254. The van der Waals surface area contributed by atoms with E-state index in [4.69, 9.17) is 0 Å². The first kappa shape index (κ1) is 16.1. The highest BCUT2D eigenvalue weighted by Crippen LogP contribution is 2.22. The quantitative estimate of drug-likeness (QED) is 0.905. The molecule has 0 unspecified atom stereocenters. The molecule has 7 heteroatoms. The van der Waals surface area contributed by atoms with Gasteiger partial charge in [-0.2, -0.15) is 4.98 Å². The molecule has 1 aliphatic rings. The lowest BCUT2D eigenvalue weighted by molar-refractivity contribution is 0.198. The van der Waals surface area contributed by atoms with Gasteiger partial charge < -0.3 is 14.9 Å². The van der Waals surface area contributed by atoms with Crippen molar-refractivity contribution in [2.24, 2.45) is 0 Å². The van der Waals surface area contributed by atoms with Crippen LogP contribution in [0.15, 0.2) is 17.6 Å². The predicted octanol–water partition coefficient (Wildman–Crippen LogP) is 2.26. The van der Waals surface area contributed by atoms with E-state index in [2.05, 4.69) is 39.1 Å². The van der Waals surface area contributed by atoms with E-state index in [0.717, 1.165) is 29.5 Å². The summed E-state index contributed by atoms with van der Waals surface area (Å²) in [5, 5.41) is 12.9. The molecule has 0 aromatic carbocycles. The first-order valence-electron chi connectivity index (χ1n) is 7.94. The molecule has 0 bridgehead atoms. The molecule has 1 aliphatic heterocycles. The summed E-state index contributed by atoms with van der Waals surface area (Å²) in [6, 6.07) is 1.90. The average molecular weight is 333 g/mol. The first-order valence-corrected chi connectivity index (χ1v) is 8.82. The Hall–Kier alpha value is -1.73. The van der Waals surface area contributed by atoms with E-state index in [1.807, 2.05) is 18.0 Å². The maximum absolute atomic E-state index is 9.68. The van der Waals surface area contributed by atoms with Crippen LogP contribution in [0.3, 0.4) is 0 Å². The number of rotatable bonds is 5. The van der Waals surface area contributed by atoms with Crippen LogP contribution in [-0.2, 0) is 6.54 Å². The van der Waals surface area contributed by atoms with E-state index >= 15 is 0 Å². The molecule has 0 aliphatic carbocycles. The third-order valence-corrected chi connectivity index (χ3v) is 5.11. The summed E-state index contributed by atoms with van der Waals surface area (Å²) in [6.45, 7) is 6.48. The number of aliphatic hydroxyl groups excluding tert-OH is 1. The zero-order chi connectivity index (χ0) is 16.4. The van der Waals surface area contributed by atoms with Crippen LogP contribution >= 0.6 is 11.3 Å². The number of aromatic nitrogens is 3. The van der Waals surface area contributed by atoms with E-state index in [1.165, 1.54) is 0 Å². The minimum absolute atomic E-state index is 0.254. The summed E-state index contributed by atoms with van der Waals surface area (Å²) in [6.07, 6.45) is 2.32. The van der Waals surface area contributed by atoms with Crippen molar-refractivity contribution in [1.82, 2.24) is 15.0 Å². The van der Waals surface area contributed by atoms with Gasteiger partial charge in [0.15, 0.2) is 0 Å². The maximum Gasteiger partial charge on any atom is 0.227 e. The zero-order valence-corrected chi connectivity index (χ0v) is 14.6. The van der Waals surface area contributed by atoms with Gasteiger partial charge in [-0.05, 0) is 12.5 Å². The fourth-order valence-electron chi connectivity index (χ4n) is 2.62. The number of hydrogen-bond donors (Lipinski definition) is 1. The molecule has 23 heavy (non-hydrogen) atoms. The van der Waals surface area contributed by atoms with Crippen molar-refractivity contribution in [3.63, 3.8) is 0 Å². The summed E-state index contributed by atoms with van der Waals surface area (Å²) in [5.74, 6) is 2.02. The van der Waals surface area contributed by atoms with Crippen LogP contribution in [0.4, 0.5) is 11.8 Å². The van der Waals surface area contributed by atoms with E-state index in [1.54, 1.807) is 17.5 Å². The molecule has 2 aromatic heterocycles. The third-order valence-electron chi connectivity index (χ3n) is 3.92. The highest BCUT2D eigenvalue weighted by Gasteiger charge is 2.22. The van der Waals surface area contributed by atoms with Crippen molar-refractivity contribution >= 4 is 23.1 Å². The predicted molar refractivity (Wildman–Crippen MR) is 93.2 cm³/mol. The van der Waals surface area contributed by atoms with Gasteiger partial charge in [-0.3, -0.25) is 0 Å². The van der Waals surface area contributed by atoms with Crippen LogP contribution in [0.2, 0.25) is 0 Å². The van der Waals surface area contributed by atoms with Crippen LogP contribution < -0.4 is 9.80 Å². The van der Waals surface area contributed by atoms with Gasteiger partial charge in [-0.1, -0.05) is 13.8 Å². The number of β-amino-alcohol motifs (C(OH)–C–C–N with tert-alkyl or cyclic N) is 1. The molecule has 3 heterocycles. The van der Waals surface area contributed by atoms with Crippen LogP contribution in [-0.4, -0.2) is 46.3 Å². The Morgan fingerprint density at radius 2 is 2.26 bits per heavy atom. The molecule has 2 aromatic rings. The topological polar surface area (TPSA) is 65.4 Å². The highest BCUT2D eigenvalue weighted by atomic mass is 32.1. The van der Waals surface area contributed by atoms with Gasteiger partial charge in [0.1, 0.15) is 5.82 Å². The molecule has 3 rings (SSSR count). The van der Waals surface area contributed by atoms with Crippen molar-refractivity contribution in [1.29, 1.82) is 0 Å². The molecule has 0 saturated carbocycles. The lowest BCUT2D eigenvalue weighted by atomic mass is 10.2. The van der Waals surface area contributed by atoms with E-state index in [9.17, 15) is 5.11 Å². The minimum Gasteiger partial charge on any atom is -0.391 e. The largest absolute Gasteiger partial charge is 0.391 e. The van der Waals surface area contributed by atoms with Crippen molar-refractivity contribution < 1.29 is 5.11 Å². The summed E-state index contributed by atoms with van der Waals surface area (Å²) < 4.78 is 0. The van der Waals surface area contributed by atoms with E-state index in [0.29, 0.717) is 25.0 Å². The van der Waals surface area contributed by atoms with E-state index in [-0.39, 0.29) is 6.10 Å². The highest BCUT2D eigenvalue weighted by molar-refractivity contribution is 7.09. The van der Waals surface area contributed by atoms with Gasteiger partial charge in [0, 0.05) is 37.6 Å². The van der Waals surface area contributed by atoms with Gasteiger partial charge in [0.2, 0.25) is 5.95 Å². The Labute approximate surface area is 140 Å². The summed E-state index contributed by atoms with van der Waals surface area (Å²) >= 11 is 1.70. The summed E-state index contributed by atoms with van der Waals surface area (Å²) in [4.78, 5) is 17.8. The Balaban J connectivity index is 1.70. The third kappa shape index (κ3) is 3.79. The number of nitrogens with zero attached hydrogens (tertiary/aromatic N) is 5. The van der Waals surface area contributed by atoms with Crippen LogP contribution in [0.5, 0.6) is 0 Å². The Morgan fingerprint density at radius 3 is 2.91 bits per heavy atom. The lowest BCUT2D eigenvalue weighted by Gasteiger charge is -2.20. The fourth-order valence-corrected chi connectivity index (χ4v) is 3.45. The monoisotopic (exact) mass is 333 g/mol. The van der Waals surface area contributed by atoms with Gasteiger partial charge in [-0.15, -0.1) is 11.3 Å². The van der Waals surface area contributed by atoms with E-state index < -0.39 is 0 Å². The molecule has 0 radical (unpaired) electrons. The summed E-state index contributed by atoms with van der Waals surface area (Å²) in [7, 11) is 1.98. The molecule has 1 fully saturated rings. The first-order chi connectivity index (χ1) is 11.0. The number of hydrogen-bond acceptors (Lipinski definition) is 7. The molecule has 0 spiro atoms. The molecule has 1 N–H and O–H groups in total. The van der Waals surface area contributed by atoms with Crippen molar-refractivity contribution in [3.05, 3.63) is 28.3 Å². The Kier molecular flexibility index (Phi) is 4.77. The molecule has 1 saturated heterocycles. The van der Waals surface area contributed by atoms with Gasteiger partial charge in [0.25, 0.3) is 0 Å². The number of aliphatic hydroxyl groups is 1. The van der Waals surface area contributed by atoms with Crippen molar-refractivity contribution in [2.75, 3.05) is 29.9 Å². The number of anilines is 2. The molecular weight excluding hydrogens is 310 g/mol. The SMILES string of the molecule is CC(C)c1nc(CN(C)c2nccc(N3CC[C@@H](O)C3)n2)cs1. The smallest absolute Gasteiger partial charge is 0.227 e. The van der Waals surface area contributed by atoms with Crippen LogP contribution in [0, 0.1) is 0 Å². The maximum atomic E-state index is 9.68. The molecule has 1 atom stereocenters. The van der Waals surface area contributed by atoms with Crippen LogP contribution in [0.25, 0.3) is 0 Å². The molecule has 6 nitrogen and oxygen atoms in total. The standard InChI is InChI=1S/C16H23N5OS/c1-11(2)15-18-12(10-23-15)8-20(3)16-17-6-4-14(19-16)21-7-5-13(22)9-21/h4,6,10-11,13,22H,5,7-9H2,1-3H3/t13-/m1/s1. The second-order valence-electron chi connectivity index (χ2n) is 6.29. The lowest BCUT2D eigenvalue weighted by Crippen LogP contribution is -2.24. The number of thiazole rings is 1. The van der Waals surface area contributed by atoms with Gasteiger partial charge in [-0.25, -0.2) is 9.97 Å². The molecule has 124 valence electrons. The van der Waals surface area contributed by atoms with Crippen molar-refractivity contribution in [2.45, 2.75) is 38.8 Å².